The van der Waals surface area contributed by atoms with Gasteiger partial charge in [-0.25, -0.2) is 12.0 Å². The summed E-state index contributed by atoms with van der Waals surface area (Å²) in [6.07, 6.45) is 1.66. The van der Waals surface area contributed by atoms with E-state index in [2.05, 4.69) is 4.98 Å². The summed E-state index contributed by atoms with van der Waals surface area (Å²) in [4.78, 5) is 4.87. The number of rotatable bonds is 1. The Kier molecular flexibility index (Phi) is 4.22. The van der Waals surface area contributed by atoms with Gasteiger partial charge in [0, 0.05) is 16.5 Å². The van der Waals surface area contributed by atoms with Crippen LogP contribution in [0.2, 0.25) is 0 Å². The normalized spacial score (nSPS) is 9.62. The van der Waals surface area contributed by atoms with Crippen LogP contribution >= 0.6 is 12.0 Å². The molecule has 2 rings (SSSR count). The SMILES string of the molecule is [Na+].[O-]Sc1ccnc2ccccc12. The minimum Gasteiger partial charge on any atom is -0.795 e. The van der Waals surface area contributed by atoms with Crippen molar-refractivity contribution in [1.82, 2.24) is 4.98 Å². The van der Waals surface area contributed by atoms with Crippen molar-refractivity contribution in [1.29, 1.82) is 0 Å². The van der Waals surface area contributed by atoms with E-state index < -0.39 is 0 Å². The van der Waals surface area contributed by atoms with E-state index in [9.17, 15) is 4.55 Å². The molecule has 2 aromatic rings. The van der Waals surface area contributed by atoms with E-state index in [1.54, 1.807) is 12.3 Å². The summed E-state index contributed by atoms with van der Waals surface area (Å²) in [7, 11) is 0. The third-order valence-electron chi connectivity index (χ3n) is 1.70. The monoisotopic (exact) mass is 199 g/mol. The van der Waals surface area contributed by atoms with Gasteiger partial charge in [0.2, 0.25) is 0 Å². The van der Waals surface area contributed by atoms with Crippen LogP contribution in [0, 0.1) is 0 Å². The van der Waals surface area contributed by atoms with E-state index in [4.69, 9.17) is 0 Å². The zero-order chi connectivity index (χ0) is 8.39. The van der Waals surface area contributed by atoms with Gasteiger partial charge in [0.25, 0.3) is 0 Å². The number of hydrogen-bond acceptors (Lipinski definition) is 3. The molecule has 0 aliphatic rings. The molecule has 1 aromatic heterocycles. The van der Waals surface area contributed by atoms with Crippen LogP contribution in [0.25, 0.3) is 10.9 Å². The van der Waals surface area contributed by atoms with Gasteiger partial charge in [-0.05, 0) is 12.1 Å². The standard InChI is InChI=1S/C9H7NOS.Na/c11-12-9-5-6-10-8-4-2-1-3-7(8)9;/h1-6,11H;/q;+1/p-1. The molecule has 1 heterocycles. The zero-order valence-corrected chi connectivity index (χ0v) is 10.0. The van der Waals surface area contributed by atoms with Gasteiger partial charge in [-0.3, -0.25) is 4.98 Å². The number of pyridine rings is 1. The Hall–Kier alpha value is -0.0600. The van der Waals surface area contributed by atoms with Crippen LogP contribution in [-0.4, -0.2) is 9.54 Å². The molecule has 0 amide bonds. The van der Waals surface area contributed by atoms with E-state index in [-0.39, 0.29) is 29.6 Å². The van der Waals surface area contributed by atoms with Crippen molar-refractivity contribution in [3.8, 4) is 0 Å². The Morgan fingerprint density at radius 1 is 1.15 bits per heavy atom. The van der Waals surface area contributed by atoms with E-state index in [0.29, 0.717) is 12.0 Å². The molecule has 13 heavy (non-hydrogen) atoms. The molecule has 4 heteroatoms. The first kappa shape index (κ1) is 11.0. The first-order chi connectivity index (χ1) is 5.92. The fourth-order valence-electron chi connectivity index (χ4n) is 1.14. The number of nitrogens with zero attached hydrogens (tertiary/aromatic N) is 1. The minimum atomic E-state index is 0. The van der Waals surface area contributed by atoms with E-state index in [1.807, 2.05) is 24.3 Å². The molecule has 0 atom stereocenters. The fourth-order valence-corrected chi connectivity index (χ4v) is 1.52. The summed E-state index contributed by atoms with van der Waals surface area (Å²) in [6.45, 7) is 0. The maximum Gasteiger partial charge on any atom is 1.00 e. The van der Waals surface area contributed by atoms with Crippen molar-refractivity contribution < 1.29 is 34.1 Å². The summed E-state index contributed by atoms with van der Waals surface area (Å²) in [5, 5.41) is 0.931. The Labute approximate surface area is 103 Å². The van der Waals surface area contributed by atoms with E-state index in [0.717, 1.165) is 15.8 Å². The van der Waals surface area contributed by atoms with Gasteiger partial charge in [-0.1, -0.05) is 18.2 Å². The molecule has 2 nitrogen and oxygen atoms in total. The molecule has 0 spiro atoms. The Morgan fingerprint density at radius 3 is 2.69 bits per heavy atom. The van der Waals surface area contributed by atoms with Gasteiger partial charge in [-0.15, -0.1) is 0 Å². The van der Waals surface area contributed by atoms with Gasteiger partial charge in [0.15, 0.2) is 0 Å². The maximum absolute atomic E-state index is 10.6. The first-order valence-corrected chi connectivity index (χ1v) is 4.29. The Morgan fingerprint density at radius 2 is 1.92 bits per heavy atom. The molecule has 0 bridgehead atoms. The summed E-state index contributed by atoms with van der Waals surface area (Å²) >= 11 is 0.508. The average Bonchev–Trinajstić information content (AvgIpc) is 2.17. The topological polar surface area (TPSA) is 36.0 Å². The zero-order valence-electron chi connectivity index (χ0n) is 7.23. The molecule has 60 valence electrons. The molecule has 0 radical (unpaired) electrons. The summed E-state index contributed by atoms with van der Waals surface area (Å²) in [6, 6.07) is 9.36. The Bertz CT molecular complexity index is 402. The third-order valence-corrected chi connectivity index (χ3v) is 2.23. The molecule has 0 aliphatic heterocycles. The molecule has 0 N–H and O–H groups in total. The number of para-hydroxylation sites is 1. The largest absolute Gasteiger partial charge is 1.00 e. The van der Waals surface area contributed by atoms with Crippen LogP contribution in [-0.2, 0) is 0 Å². The van der Waals surface area contributed by atoms with Crippen molar-refractivity contribution in [2.45, 2.75) is 4.90 Å². The summed E-state index contributed by atoms with van der Waals surface area (Å²) in [5.41, 5.74) is 0.873. The van der Waals surface area contributed by atoms with Crippen molar-refractivity contribution >= 4 is 22.9 Å². The maximum atomic E-state index is 10.6. The molecule has 1 aromatic carbocycles. The van der Waals surface area contributed by atoms with E-state index >= 15 is 0 Å². The van der Waals surface area contributed by atoms with Crippen LogP contribution in [0.4, 0.5) is 0 Å². The molecule has 0 fully saturated rings. The van der Waals surface area contributed by atoms with Crippen LogP contribution < -0.4 is 29.6 Å². The van der Waals surface area contributed by atoms with Gasteiger partial charge in [0.05, 0.1) is 5.52 Å². The smallest absolute Gasteiger partial charge is 0.795 e. The second-order valence-corrected chi connectivity index (χ2v) is 3.02. The fraction of sp³-hybridized carbons (Fsp3) is 0. The van der Waals surface area contributed by atoms with Crippen LogP contribution in [0.15, 0.2) is 41.4 Å². The van der Waals surface area contributed by atoms with Crippen molar-refractivity contribution in [3.63, 3.8) is 0 Å². The van der Waals surface area contributed by atoms with E-state index in [1.165, 1.54) is 0 Å². The third kappa shape index (κ3) is 2.24. The second kappa shape index (κ2) is 4.98. The second-order valence-electron chi connectivity index (χ2n) is 2.41. The van der Waals surface area contributed by atoms with Crippen molar-refractivity contribution in [3.05, 3.63) is 36.5 Å². The molecule has 0 saturated carbocycles. The number of benzene rings is 1. The summed E-state index contributed by atoms with van der Waals surface area (Å²) in [5.74, 6) is 0. The van der Waals surface area contributed by atoms with Gasteiger partial charge in [0.1, 0.15) is 0 Å². The van der Waals surface area contributed by atoms with Crippen LogP contribution in [0.5, 0.6) is 0 Å². The molecule has 0 aliphatic carbocycles. The van der Waals surface area contributed by atoms with Gasteiger partial charge in [-0.2, -0.15) is 0 Å². The minimum absolute atomic E-state index is 0. The predicted octanol–water partition coefficient (Wildman–Crippen LogP) is -0.539. The molecule has 0 saturated heterocycles. The average molecular weight is 199 g/mol. The molecular weight excluding hydrogens is 193 g/mol. The van der Waals surface area contributed by atoms with Gasteiger partial charge < -0.3 is 4.55 Å². The van der Waals surface area contributed by atoms with Crippen LogP contribution in [0.3, 0.4) is 0 Å². The summed E-state index contributed by atoms with van der Waals surface area (Å²) < 4.78 is 10.6. The first-order valence-electron chi connectivity index (χ1n) is 3.55. The van der Waals surface area contributed by atoms with Crippen LogP contribution in [0.1, 0.15) is 0 Å². The number of aromatic nitrogens is 1. The van der Waals surface area contributed by atoms with Gasteiger partial charge >= 0.3 is 29.6 Å². The van der Waals surface area contributed by atoms with Crippen molar-refractivity contribution in [2.24, 2.45) is 0 Å². The molecular formula is C9H6NNaOS. The molecule has 0 unspecified atom stereocenters. The quantitative estimate of drug-likeness (QED) is 0.457. The van der Waals surface area contributed by atoms with Crippen molar-refractivity contribution in [2.75, 3.05) is 0 Å². The number of hydrogen-bond donors (Lipinski definition) is 0. The Balaban J connectivity index is 0.000000845. The predicted molar refractivity (Wildman–Crippen MR) is 48.4 cm³/mol. The number of fused-ring (bicyclic) bond motifs is 1.